The summed E-state index contributed by atoms with van der Waals surface area (Å²) in [5.74, 6) is 0.418. The maximum absolute atomic E-state index is 13.1. The normalized spacial score (nSPS) is 14.7. The molecule has 0 fully saturated rings. The Labute approximate surface area is 638 Å². The second-order valence-electron chi connectivity index (χ2n) is 31.3. The lowest BCUT2D eigenvalue weighted by atomic mass is 9.99. The van der Waals surface area contributed by atoms with Crippen LogP contribution in [-0.4, -0.2) is 96.7 Å². The van der Waals surface area contributed by atoms with Crippen LogP contribution in [0.4, 0.5) is 0 Å². The minimum Gasteiger partial charge on any atom is -0.462 e. The highest BCUT2D eigenvalue weighted by atomic mass is 31.2. The van der Waals surface area contributed by atoms with E-state index in [4.69, 9.17) is 37.0 Å². The van der Waals surface area contributed by atoms with Gasteiger partial charge in [-0.1, -0.05) is 395 Å². The lowest BCUT2D eigenvalue weighted by Gasteiger charge is -2.21. The van der Waals surface area contributed by atoms with Crippen molar-refractivity contribution in [3.8, 4) is 0 Å². The number of carbonyl (C=O) groups is 4. The summed E-state index contributed by atoms with van der Waals surface area (Å²) in [7, 11) is -9.93. The number of hydrogen-bond donors (Lipinski definition) is 3. The van der Waals surface area contributed by atoms with Crippen molar-refractivity contribution in [2.45, 2.75) is 465 Å². The predicted octanol–water partition coefficient (Wildman–Crippen LogP) is 25.7. The number of aliphatic hydroxyl groups excluding tert-OH is 1. The van der Waals surface area contributed by atoms with Crippen LogP contribution in [0.15, 0.2) is 0 Å². The molecule has 0 aromatic carbocycles. The summed E-state index contributed by atoms with van der Waals surface area (Å²) in [4.78, 5) is 73.1. The van der Waals surface area contributed by atoms with Crippen LogP contribution < -0.4 is 0 Å². The second-order valence-corrected chi connectivity index (χ2v) is 34.2. The number of esters is 4. The quantitative estimate of drug-likeness (QED) is 0.0222. The van der Waals surface area contributed by atoms with Gasteiger partial charge >= 0.3 is 39.5 Å². The number of ether oxygens (including phenoxy) is 4. The summed E-state index contributed by atoms with van der Waals surface area (Å²) in [5.41, 5.74) is 0. The molecule has 3 N–H and O–H groups in total. The molecule has 0 aromatic rings. The molecule has 0 aliphatic heterocycles. The first kappa shape index (κ1) is 102. The van der Waals surface area contributed by atoms with E-state index >= 15 is 0 Å². The minimum atomic E-state index is -4.97. The molecule has 0 radical (unpaired) electrons. The number of unbranched alkanes of at least 4 members (excludes halogenated alkanes) is 48. The van der Waals surface area contributed by atoms with Gasteiger partial charge in [0.25, 0.3) is 0 Å². The molecule has 0 rings (SSSR count). The highest BCUT2D eigenvalue weighted by Gasteiger charge is 2.30. The van der Waals surface area contributed by atoms with E-state index in [-0.39, 0.29) is 25.7 Å². The molecule has 0 heterocycles. The molecule has 0 aromatic heterocycles. The number of aliphatic hydroxyl groups is 1. The molecule has 104 heavy (non-hydrogen) atoms. The molecule has 5 unspecified atom stereocenters. The van der Waals surface area contributed by atoms with Crippen LogP contribution in [0.3, 0.4) is 0 Å². The number of rotatable bonds is 83. The van der Waals surface area contributed by atoms with Crippen molar-refractivity contribution in [3.05, 3.63) is 0 Å². The van der Waals surface area contributed by atoms with Crippen molar-refractivity contribution in [3.63, 3.8) is 0 Å². The van der Waals surface area contributed by atoms with Crippen molar-refractivity contribution in [2.75, 3.05) is 39.6 Å². The van der Waals surface area contributed by atoms with E-state index in [1.54, 1.807) is 0 Å². The monoisotopic (exact) mass is 1520 g/mol. The van der Waals surface area contributed by atoms with Gasteiger partial charge in [-0.2, -0.15) is 0 Å². The van der Waals surface area contributed by atoms with Crippen LogP contribution in [0.1, 0.15) is 447 Å². The molecular weight excluding hydrogens is 1350 g/mol. The first-order chi connectivity index (χ1) is 50.3. The van der Waals surface area contributed by atoms with Crippen LogP contribution in [0.25, 0.3) is 0 Å². The summed E-state index contributed by atoms with van der Waals surface area (Å²) in [6, 6.07) is 0. The molecule has 0 amide bonds. The number of phosphoric acid groups is 2. The van der Waals surface area contributed by atoms with Gasteiger partial charge < -0.3 is 33.8 Å². The number of phosphoric ester groups is 2. The van der Waals surface area contributed by atoms with Gasteiger partial charge in [0.05, 0.1) is 26.4 Å². The topological polar surface area (TPSA) is 237 Å². The zero-order valence-corrected chi connectivity index (χ0v) is 70.3. The first-order valence-electron chi connectivity index (χ1n) is 44.0. The molecule has 19 heteroatoms. The van der Waals surface area contributed by atoms with Gasteiger partial charge in [-0.3, -0.25) is 37.3 Å². The van der Waals surface area contributed by atoms with Crippen LogP contribution in [-0.2, 0) is 65.4 Å². The van der Waals surface area contributed by atoms with Crippen LogP contribution in [0.5, 0.6) is 0 Å². The molecule has 618 valence electrons. The Kier molecular flexibility index (Phi) is 73.7. The fraction of sp³-hybridized carbons (Fsp3) is 0.953. The Morgan fingerprint density at radius 3 is 0.683 bits per heavy atom. The summed E-state index contributed by atoms with van der Waals surface area (Å²) < 4.78 is 68.8. The number of hydrogen-bond acceptors (Lipinski definition) is 15. The molecule has 0 saturated carbocycles. The van der Waals surface area contributed by atoms with Crippen molar-refractivity contribution < 1.29 is 80.2 Å². The molecule has 17 nitrogen and oxygen atoms in total. The van der Waals surface area contributed by atoms with Crippen molar-refractivity contribution >= 4 is 39.5 Å². The Bertz CT molecular complexity index is 2010. The Morgan fingerprint density at radius 2 is 0.462 bits per heavy atom. The first-order valence-corrected chi connectivity index (χ1v) is 47.0. The molecule has 0 aliphatic rings. The fourth-order valence-corrected chi connectivity index (χ4v) is 14.7. The van der Waals surface area contributed by atoms with E-state index in [0.717, 1.165) is 108 Å². The standard InChI is InChI=1S/C85H166O17P2/c1-8-12-13-14-15-16-38-45-52-59-66-82(87)95-72-80(102-85(90)69-62-55-48-41-34-33-37-44-51-58-65-78(7)11-4)74-99-103(91,92)97-70-79(86)71-98-104(93,94)100-75-81(73-96-83(88)67-60-53-46-39-31-27-24-23-26-30-36-43-50-57-64-77(6)10-3)101-84(89)68-61-54-47-40-32-28-22-20-18-17-19-21-25-29-35-42-49-56-63-76(5)9-2/h76-81,86H,8-75H2,1-7H3,(H,91,92)(H,93,94)/t76?,77?,78?,79-,80+,81+/m0/s1. The lowest BCUT2D eigenvalue weighted by molar-refractivity contribution is -0.161. The van der Waals surface area contributed by atoms with Gasteiger partial charge in [0.1, 0.15) is 19.3 Å². The molecule has 0 spiro atoms. The van der Waals surface area contributed by atoms with Gasteiger partial charge in [-0.15, -0.1) is 0 Å². The van der Waals surface area contributed by atoms with Gasteiger partial charge in [0, 0.05) is 25.7 Å². The van der Waals surface area contributed by atoms with E-state index in [9.17, 15) is 43.2 Å². The Hall–Kier alpha value is -1.94. The lowest BCUT2D eigenvalue weighted by Crippen LogP contribution is -2.30. The minimum absolute atomic E-state index is 0.106. The molecular formula is C85H166O17P2. The highest BCUT2D eigenvalue weighted by molar-refractivity contribution is 7.47. The van der Waals surface area contributed by atoms with Crippen LogP contribution in [0, 0.1) is 17.8 Å². The molecule has 0 bridgehead atoms. The Morgan fingerprint density at radius 1 is 0.269 bits per heavy atom. The van der Waals surface area contributed by atoms with E-state index in [1.807, 2.05) is 0 Å². The van der Waals surface area contributed by atoms with Crippen molar-refractivity contribution in [1.29, 1.82) is 0 Å². The van der Waals surface area contributed by atoms with Crippen LogP contribution in [0.2, 0.25) is 0 Å². The van der Waals surface area contributed by atoms with Crippen LogP contribution >= 0.6 is 15.6 Å². The molecule has 8 atom stereocenters. The van der Waals surface area contributed by atoms with Gasteiger partial charge in [0.15, 0.2) is 12.2 Å². The largest absolute Gasteiger partial charge is 0.472 e. The van der Waals surface area contributed by atoms with E-state index in [2.05, 4.69) is 48.5 Å². The predicted molar refractivity (Wildman–Crippen MR) is 428 cm³/mol. The summed E-state index contributed by atoms with van der Waals surface area (Å²) >= 11 is 0. The molecule has 0 saturated heterocycles. The third-order valence-corrected chi connectivity index (χ3v) is 22.9. The van der Waals surface area contributed by atoms with Crippen molar-refractivity contribution in [1.82, 2.24) is 0 Å². The van der Waals surface area contributed by atoms with E-state index in [1.165, 1.54) is 257 Å². The number of carbonyl (C=O) groups excluding carboxylic acids is 4. The maximum Gasteiger partial charge on any atom is 0.472 e. The Balaban J connectivity index is 5.23. The smallest absolute Gasteiger partial charge is 0.462 e. The summed E-state index contributed by atoms with van der Waals surface area (Å²) in [6.45, 7) is 12.1. The van der Waals surface area contributed by atoms with Gasteiger partial charge in [0.2, 0.25) is 0 Å². The van der Waals surface area contributed by atoms with E-state index in [0.29, 0.717) is 25.7 Å². The van der Waals surface area contributed by atoms with E-state index < -0.39 is 97.5 Å². The van der Waals surface area contributed by atoms with Gasteiger partial charge in [-0.05, 0) is 43.4 Å². The second kappa shape index (κ2) is 75.1. The molecule has 0 aliphatic carbocycles. The average molecular weight is 1520 g/mol. The van der Waals surface area contributed by atoms with Crippen molar-refractivity contribution in [2.24, 2.45) is 17.8 Å². The zero-order chi connectivity index (χ0) is 76.5. The average Bonchev–Trinajstić information content (AvgIpc) is 0.902. The SMILES string of the molecule is CCCCCCCCCCCCC(=O)OC[C@H](COP(=O)(O)OC[C@H](O)COP(=O)(O)OC[C@@H](COC(=O)CCCCCCCCCCCCCCCCC(C)CC)OC(=O)CCCCCCCCCCCCCCCCCCCCC(C)CC)OC(=O)CCCCCCCCCCCCC(C)CC. The summed E-state index contributed by atoms with van der Waals surface area (Å²) in [6.07, 6.45) is 65.0. The third-order valence-electron chi connectivity index (χ3n) is 21.0. The van der Waals surface area contributed by atoms with Gasteiger partial charge in [-0.25, -0.2) is 9.13 Å². The maximum atomic E-state index is 13.1. The highest BCUT2D eigenvalue weighted by Crippen LogP contribution is 2.45. The third kappa shape index (κ3) is 74.2. The fourth-order valence-electron chi connectivity index (χ4n) is 13.1. The zero-order valence-electron chi connectivity index (χ0n) is 68.5. The summed E-state index contributed by atoms with van der Waals surface area (Å²) in [5, 5.41) is 10.7.